The highest BCUT2D eigenvalue weighted by Crippen LogP contribution is 2.38. The Bertz CT molecular complexity index is 779. The number of carboxylic acids is 1. The van der Waals surface area contributed by atoms with E-state index in [2.05, 4.69) is 4.98 Å². The maximum atomic E-state index is 13.2. The molecule has 0 bridgehead atoms. The van der Waals surface area contributed by atoms with E-state index in [-0.39, 0.29) is 17.0 Å². The fourth-order valence-electron chi connectivity index (χ4n) is 2.41. The van der Waals surface area contributed by atoms with Gasteiger partial charge >= 0.3 is 12.1 Å². The van der Waals surface area contributed by atoms with Crippen molar-refractivity contribution in [2.75, 3.05) is 0 Å². The van der Waals surface area contributed by atoms with Gasteiger partial charge in [0.15, 0.2) is 0 Å². The Hall–Kier alpha value is -2.35. The number of benzene rings is 1. The molecule has 1 heterocycles. The van der Waals surface area contributed by atoms with Gasteiger partial charge in [-0.1, -0.05) is 0 Å². The van der Waals surface area contributed by atoms with Crippen LogP contribution in [0.15, 0.2) is 6.07 Å². The summed E-state index contributed by atoms with van der Waals surface area (Å²) >= 11 is 0. The van der Waals surface area contributed by atoms with Crippen LogP contribution in [-0.2, 0) is 12.8 Å². The van der Waals surface area contributed by atoms with Crippen LogP contribution in [0.25, 0.3) is 11.3 Å². The first-order valence-electron chi connectivity index (χ1n) is 6.69. The van der Waals surface area contributed by atoms with E-state index in [4.69, 9.17) is 5.11 Å². The number of carboxylic acid groups (broad SMARTS) is 1. The summed E-state index contributed by atoms with van der Waals surface area (Å²) in [5.41, 5.74) is 0.0632. The van der Waals surface area contributed by atoms with Crippen LogP contribution in [0.4, 0.5) is 13.2 Å². The van der Waals surface area contributed by atoms with Gasteiger partial charge in [-0.3, -0.25) is 0 Å². The number of nitrogens with zero attached hydrogens (tertiary/aromatic N) is 1. The third-order valence-electron chi connectivity index (χ3n) is 3.89. The van der Waals surface area contributed by atoms with Crippen LogP contribution < -0.4 is 0 Å². The molecule has 0 fully saturated rings. The number of alkyl halides is 3. The second kappa shape index (κ2) is 5.69. The summed E-state index contributed by atoms with van der Waals surface area (Å²) in [7, 11) is 0. The number of H-pyrrole nitrogens is 1. The molecule has 8 heteroatoms. The Balaban J connectivity index is 2.82. The summed E-state index contributed by atoms with van der Waals surface area (Å²) < 4.78 is 39.6. The van der Waals surface area contributed by atoms with E-state index in [9.17, 15) is 23.1 Å². The summed E-state index contributed by atoms with van der Waals surface area (Å²) in [4.78, 5) is 17.1. The van der Waals surface area contributed by atoms with Crippen LogP contribution in [0.1, 0.15) is 38.6 Å². The molecule has 1 aromatic heterocycles. The molecule has 23 heavy (non-hydrogen) atoms. The second-order valence-electron chi connectivity index (χ2n) is 5.21. The highest BCUT2D eigenvalue weighted by molar-refractivity contribution is 5.92. The third-order valence-corrected chi connectivity index (χ3v) is 3.89. The molecule has 0 saturated heterocycles. The molecule has 0 aliphatic rings. The van der Waals surface area contributed by atoms with E-state index in [0.717, 1.165) is 0 Å². The van der Waals surface area contributed by atoms with Gasteiger partial charge in [0, 0.05) is 5.56 Å². The quantitative estimate of drug-likeness (QED) is 0.807. The predicted molar refractivity (Wildman–Crippen MR) is 76.1 cm³/mol. The third kappa shape index (κ3) is 2.94. The SMILES string of the molecule is Cc1c(C(=O)O)cc(-c2nc(CO)[nH]c2C(F)(F)F)c(C)c1C. The Morgan fingerprint density at radius 1 is 1.22 bits per heavy atom. The van der Waals surface area contributed by atoms with Gasteiger partial charge in [0.25, 0.3) is 0 Å². The lowest BCUT2D eigenvalue weighted by molar-refractivity contribution is -0.140. The van der Waals surface area contributed by atoms with Gasteiger partial charge in [-0.15, -0.1) is 0 Å². The maximum absolute atomic E-state index is 13.2. The molecule has 0 aliphatic heterocycles. The Morgan fingerprint density at radius 3 is 2.30 bits per heavy atom. The van der Waals surface area contributed by atoms with E-state index in [1.165, 1.54) is 6.07 Å². The first-order valence-corrected chi connectivity index (χ1v) is 6.69. The zero-order valence-corrected chi connectivity index (χ0v) is 12.7. The monoisotopic (exact) mass is 328 g/mol. The number of hydrogen-bond acceptors (Lipinski definition) is 3. The van der Waals surface area contributed by atoms with Gasteiger partial charge in [-0.05, 0) is 43.5 Å². The van der Waals surface area contributed by atoms with Crippen molar-refractivity contribution in [2.45, 2.75) is 33.6 Å². The summed E-state index contributed by atoms with van der Waals surface area (Å²) in [6.07, 6.45) is -4.70. The molecule has 0 atom stereocenters. The Kier molecular flexibility index (Phi) is 4.21. The smallest absolute Gasteiger partial charge is 0.433 e. The number of imidazole rings is 1. The summed E-state index contributed by atoms with van der Waals surface area (Å²) in [5.74, 6) is -1.46. The van der Waals surface area contributed by atoms with Crippen molar-refractivity contribution in [3.8, 4) is 11.3 Å². The molecular weight excluding hydrogens is 313 g/mol. The fraction of sp³-hybridized carbons (Fsp3) is 0.333. The number of rotatable bonds is 3. The van der Waals surface area contributed by atoms with E-state index in [0.29, 0.717) is 16.7 Å². The van der Waals surface area contributed by atoms with E-state index in [1.807, 2.05) is 4.98 Å². The molecule has 0 aliphatic carbocycles. The molecule has 0 spiro atoms. The molecule has 0 unspecified atom stereocenters. The standard InChI is InChI=1S/C15H15F3N2O3/c1-6-7(2)9(4-10(8(6)3)14(22)23)12-13(15(16,17)18)20-11(5-21)19-12/h4,21H,5H2,1-3H3,(H,19,20)(H,22,23). The first-order chi connectivity index (χ1) is 10.6. The zero-order chi connectivity index (χ0) is 17.5. The van der Waals surface area contributed by atoms with Gasteiger partial charge in [-0.2, -0.15) is 13.2 Å². The van der Waals surface area contributed by atoms with Crippen LogP contribution in [0.3, 0.4) is 0 Å². The first kappa shape index (κ1) is 17.0. The summed E-state index contributed by atoms with van der Waals surface area (Å²) in [5, 5.41) is 18.3. The summed E-state index contributed by atoms with van der Waals surface area (Å²) in [6, 6.07) is 1.19. The number of aliphatic hydroxyl groups is 1. The van der Waals surface area contributed by atoms with Crippen LogP contribution >= 0.6 is 0 Å². The van der Waals surface area contributed by atoms with Crippen LogP contribution in [-0.4, -0.2) is 26.2 Å². The zero-order valence-electron chi connectivity index (χ0n) is 12.7. The number of hydrogen-bond donors (Lipinski definition) is 3. The average molecular weight is 328 g/mol. The van der Waals surface area contributed by atoms with E-state index in [1.54, 1.807) is 20.8 Å². The number of nitrogens with one attached hydrogen (secondary N) is 1. The van der Waals surface area contributed by atoms with Crippen molar-refractivity contribution in [1.82, 2.24) is 9.97 Å². The topological polar surface area (TPSA) is 86.2 Å². The number of carbonyl (C=O) groups is 1. The van der Waals surface area contributed by atoms with Crippen LogP contribution in [0.5, 0.6) is 0 Å². The molecule has 0 radical (unpaired) electrons. The molecular formula is C15H15F3N2O3. The van der Waals surface area contributed by atoms with Crippen molar-refractivity contribution >= 4 is 5.97 Å². The van der Waals surface area contributed by atoms with Crippen LogP contribution in [0, 0.1) is 20.8 Å². The predicted octanol–water partition coefficient (Wildman–Crippen LogP) is 3.21. The minimum Gasteiger partial charge on any atom is -0.478 e. The minimum atomic E-state index is -4.70. The van der Waals surface area contributed by atoms with E-state index < -0.39 is 30.1 Å². The minimum absolute atomic E-state index is 0.0776. The molecule has 124 valence electrons. The number of halogens is 3. The largest absolute Gasteiger partial charge is 0.478 e. The number of aliphatic hydroxyl groups excluding tert-OH is 1. The molecule has 2 aromatic rings. The summed E-state index contributed by atoms with van der Waals surface area (Å²) in [6.45, 7) is 4.17. The highest BCUT2D eigenvalue weighted by Gasteiger charge is 2.38. The number of aromatic nitrogens is 2. The molecule has 0 saturated carbocycles. The number of aromatic carboxylic acids is 1. The highest BCUT2D eigenvalue weighted by atomic mass is 19.4. The molecule has 0 amide bonds. The maximum Gasteiger partial charge on any atom is 0.433 e. The van der Waals surface area contributed by atoms with Crippen molar-refractivity contribution < 1.29 is 28.2 Å². The normalized spacial score (nSPS) is 11.8. The average Bonchev–Trinajstić information content (AvgIpc) is 2.89. The Morgan fingerprint density at radius 2 is 1.83 bits per heavy atom. The fourth-order valence-corrected chi connectivity index (χ4v) is 2.41. The molecule has 3 N–H and O–H groups in total. The van der Waals surface area contributed by atoms with Crippen molar-refractivity contribution in [3.63, 3.8) is 0 Å². The van der Waals surface area contributed by atoms with E-state index >= 15 is 0 Å². The van der Waals surface area contributed by atoms with Gasteiger partial charge in [0.05, 0.1) is 5.56 Å². The van der Waals surface area contributed by atoms with Crippen LogP contribution in [0.2, 0.25) is 0 Å². The van der Waals surface area contributed by atoms with Gasteiger partial charge in [0.2, 0.25) is 0 Å². The van der Waals surface area contributed by atoms with Gasteiger partial charge < -0.3 is 15.2 Å². The van der Waals surface area contributed by atoms with Gasteiger partial charge in [-0.25, -0.2) is 9.78 Å². The second-order valence-corrected chi connectivity index (χ2v) is 5.21. The molecule has 2 rings (SSSR count). The Labute approximate surface area is 129 Å². The van der Waals surface area contributed by atoms with Crippen molar-refractivity contribution in [1.29, 1.82) is 0 Å². The van der Waals surface area contributed by atoms with Crippen molar-refractivity contribution in [2.24, 2.45) is 0 Å². The van der Waals surface area contributed by atoms with Gasteiger partial charge in [0.1, 0.15) is 23.8 Å². The lowest BCUT2D eigenvalue weighted by atomic mass is 9.92. The lowest BCUT2D eigenvalue weighted by Gasteiger charge is -2.14. The van der Waals surface area contributed by atoms with Crippen molar-refractivity contribution in [3.05, 3.63) is 39.8 Å². The molecule has 1 aromatic carbocycles. The molecule has 5 nitrogen and oxygen atoms in total. The lowest BCUT2D eigenvalue weighted by Crippen LogP contribution is -2.09. The number of aromatic amines is 1.